The van der Waals surface area contributed by atoms with E-state index in [1.54, 1.807) is 19.3 Å². The molecule has 90 valence electrons. The molecule has 1 N–H and O–H groups in total. The predicted molar refractivity (Wildman–Crippen MR) is 68.6 cm³/mol. The van der Waals surface area contributed by atoms with Gasteiger partial charge in [-0.2, -0.15) is 4.98 Å². The van der Waals surface area contributed by atoms with Crippen LogP contribution in [0.25, 0.3) is 0 Å². The maximum Gasteiger partial charge on any atom is 0.227 e. The van der Waals surface area contributed by atoms with Gasteiger partial charge >= 0.3 is 0 Å². The average Bonchev–Trinajstić information content (AvgIpc) is 2.30. The Balaban J connectivity index is 0.00000128. The van der Waals surface area contributed by atoms with Gasteiger partial charge in [0, 0.05) is 57.3 Å². The van der Waals surface area contributed by atoms with Crippen molar-refractivity contribution in [1.29, 1.82) is 0 Å². The fraction of sp³-hybridized carbons (Fsp3) is 0.556. The van der Waals surface area contributed by atoms with Crippen molar-refractivity contribution in [2.75, 3.05) is 42.5 Å². The zero-order valence-corrected chi connectivity index (χ0v) is 10.6. The summed E-state index contributed by atoms with van der Waals surface area (Å²) in [7, 11) is 1.76. The summed E-state index contributed by atoms with van der Waals surface area (Å²) >= 11 is 5.83. The van der Waals surface area contributed by atoms with E-state index in [4.69, 9.17) is 11.8 Å². The van der Waals surface area contributed by atoms with Gasteiger partial charge in [0.1, 0.15) is 5.82 Å². The van der Waals surface area contributed by atoms with Gasteiger partial charge < -0.3 is 10.2 Å². The molecule has 0 aromatic carbocycles. The quantitative estimate of drug-likeness (QED) is 0.804. The molecule has 1 aliphatic rings. The van der Waals surface area contributed by atoms with Crippen LogP contribution in [0, 0.1) is 0 Å². The molecule has 1 aromatic heterocycles. The summed E-state index contributed by atoms with van der Waals surface area (Å²) < 4.78 is 1.47. The van der Waals surface area contributed by atoms with Crippen LogP contribution in [0.4, 0.5) is 11.8 Å². The number of anilines is 2. The predicted octanol–water partition coefficient (Wildman–Crippen LogP) is 0.898. The van der Waals surface area contributed by atoms with E-state index >= 15 is 0 Å². The van der Waals surface area contributed by atoms with Gasteiger partial charge in [0.2, 0.25) is 5.95 Å². The van der Waals surface area contributed by atoms with Crippen LogP contribution < -0.4 is 14.6 Å². The molecule has 1 fully saturated rings. The second-order valence-electron chi connectivity index (χ2n) is 3.43. The summed E-state index contributed by atoms with van der Waals surface area (Å²) in [6.07, 6.45) is 1.73. The molecule has 1 aromatic rings. The standard InChI is InChI=1S/C9H14ClN5.ClH/c1-14(10)8-2-3-12-9(13-8)15-6-4-11-5-7-15;/h2-3,11H,4-7H2,1H3;1H. The largest absolute Gasteiger partial charge is 0.338 e. The van der Waals surface area contributed by atoms with Gasteiger partial charge in [-0.3, -0.25) is 4.42 Å². The molecular weight excluding hydrogens is 249 g/mol. The molecule has 0 bridgehead atoms. The highest BCUT2D eigenvalue weighted by molar-refractivity contribution is 6.24. The summed E-state index contributed by atoms with van der Waals surface area (Å²) in [6, 6.07) is 1.79. The van der Waals surface area contributed by atoms with Crippen LogP contribution >= 0.6 is 24.2 Å². The minimum absolute atomic E-state index is 0. The highest BCUT2D eigenvalue weighted by atomic mass is 35.5. The Bertz CT molecular complexity index is 327. The lowest BCUT2D eigenvalue weighted by Gasteiger charge is -2.27. The molecule has 1 aliphatic heterocycles. The van der Waals surface area contributed by atoms with E-state index in [1.165, 1.54) is 4.42 Å². The third-order valence-electron chi connectivity index (χ3n) is 2.34. The second-order valence-corrected chi connectivity index (χ2v) is 3.94. The molecule has 7 heteroatoms. The first-order valence-electron chi connectivity index (χ1n) is 4.95. The summed E-state index contributed by atoms with van der Waals surface area (Å²) in [5, 5.41) is 3.29. The van der Waals surface area contributed by atoms with E-state index in [-0.39, 0.29) is 12.4 Å². The maximum atomic E-state index is 5.83. The lowest BCUT2D eigenvalue weighted by molar-refractivity contribution is 0.580. The molecule has 0 atom stereocenters. The smallest absolute Gasteiger partial charge is 0.227 e. The number of nitrogens with one attached hydrogen (secondary N) is 1. The van der Waals surface area contributed by atoms with Crippen molar-refractivity contribution >= 4 is 35.9 Å². The van der Waals surface area contributed by atoms with E-state index in [9.17, 15) is 0 Å². The van der Waals surface area contributed by atoms with Crippen LogP contribution in [0.1, 0.15) is 0 Å². The summed E-state index contributed by atoms with van der Waals surface area (Å²) in [6.45, 7) is 3.83. The normalized spacial score (nSPS) is 15.5. The molecular formula is C9H15Cl2N5. The molecule has 0 saturated carbocycles. The van der Waals surface area contributed by atoms with Crippen LogP contribution in [-0.4, -0.2) is 43.2 Å². The van der Waals surface area contributed by atoms with Gasteiger partial charge in [-0.05, 0) is 0 Å². The Morgan fingerprint density at radius 1 is 1.44 bits per heavy atom. The molecule has 16 heavy (non-hydrogen) atoms. The van der Waals surface area contributed by atoms with Crippen LogP contribution in [0.3, 0.4) is 0 Å². The van der Waals surface area contributed by atoms with Gasteiger partial charge in [0.05, 0.1) is 0 Å². The number of hydrogen-bond acceptors (Lipinski definition) is 5. The van der Waals surface area contributed by atoms with E-state index < -0.39 is 0 Å². The number of nitrogens with zero attached hydrogens (tertiary/aromatic N) is 4. The Morgan fingerprint density at radius 2 is 2.12 bits per heavy atom. The SMILES string of the molecule is CN(Cl)c1ccnc(N2CCNCC2)n1.Cl. The Kier molecular flexibility index (Phi) is 5.05. The molecule has 2 heterocycles. The van der Waals surface area contributed by atoms with Crippen LogP contribution in [-0.2, 0) is 0 Å². The van der Waals surface area contributed by atoms with E-state index in [2.05, 4.69) is 20.2 Å². The van der Waals surface area contributed by atoms with Crippen molar-refractivity contribution in [2.45, 2.75) is 0 Å². The van der Waals surface area contributed by atoms with Crippen molar-refractivity contribution in [3.8, 4) is 0 Å². The second kappa shape index (κ2) is 6.08. The minimum Gasteiger partial charge on any atom is -0.338 e. The van der Waals surface area contributed by atoms with E-state index in [0.717, 1.165) is 37.9 Å². The van der Waals surface area contributed by atoms with Gasteiger partial charge in [0.15, 0.2) is 0 Å². The zero-order valence-electron chi connectivity index (χ0n) is 9.06. The molecule has 0 spiro atoms. The van der Waals surface area contributed by atoms with Gasteiger partial charge in [-0.1, -0.05) is 0 Å². The Hall–Kier alpha value is -0.780. The van der Waals surface area contributed by atoms with Crippen LogP contribution in [0.5, 0.6) is 0 Å². The monoisotopic (exact) mass is 263 g/mol. The molecule has 0 aliphatic carbocycles. The molecule has 1 saturated heterocycles. The molecule has 5 nitrogen and oxygen atoms in total. The number of piperazine rings is 1. The van der Waals surface area contributed by atoms with E-state index in [1.807, 2.05) is 0 Å². The summed E-state index contributed by atoms with van der Waals surface area (Å²) in [5.41, 5.74) is 0. The first-order valence-corrected chi connectivity index (χ1v) is 5.29. The van der Waals surface area contributed by atoms with Crippen LogP contribution in [0.15, 0.2) is 12.3 Å². The topological polar surface area (TPSA) is 44.3 Å². The van der Waals surface area contributed by atoms with Crippen LogP contribution in [0.2, 0.25) is 0 Å². The van der Waals surface area contributed by atoms with E-state index in [0.29, 0.717) is 0 Å². The minimum atomic E-state index is 0. The average molecular weight is 264 g/mol. The van der Waals surface area contributed by atoms with Gasteiger partial charge in [0.25, 0.3) is 0 Å². The van der Waals surface area contributed by atoms with Crippen molar-refractivity contribution in [2.24, 2.45) is 0 Å². The van der Waals surface area contributed by atoms with Gasteiger partial charge in [-0.25, -0.2) is 4.98 Å². The first-order chi connectivity index (χ1) is 7.27. The summed E-state index contributed by atoms with van der Waals surface area (Å²) in [4.78, 5) is 10.8. The van der Waals surface area contributed by atoms with Crippen molar-refractivity contribution in [1.82, 2.24) is 15.3 Å². The molecule has 0 amide bonds. The zero-order chi connectivity index (χ0) is 10.7. The van der Waals surface area contributed by atoms with Crippen molar-refractivity contribution < 1.29 is 0 Å². The fourth-order valence-corrected chi connectivity index (χ4v) is 1.62. The lowest BCUT2D eigenvalue weighted by Crippen LogP contribution is -2.44. The summed E-state index contributed by atoms with van der Waals surface area (Å²) in [5.74, 6) is 1.47. The molecule has 0 unspecified atom stereocenters. The lowest BCUT2D eigenvalue weighted by atomic mass is 10.4. The first kappa shape index (κ1) is 13.3. The molecule has 2 rings (SSSR count). The molecule has 0 radical (unpaired) electrons. The Labute approximate surface area is 106 Å². The van der Waals surface area contributed by atoms with Crippen molar-refractivity contribution in [3.05, 3.63) is 12.3 Å². The fourth-order valence-electron chi connectivity index (χ4n) is 1.53. The third-order valence-corrected chi connectivity index (χ3v) is 2.52. The number of aromatic nitrogens is 2. The highest BCUT2D eigenvalue weighted by Gasteiger charge is 2.13. The third kappa shape index (κ3) is 3.10. The maximum absolute atomic E-state index is 5.83. The highest BCUT2D eigenvalue weighted by Crippen LogP contribution is 2.15. The Morgan fingerprint density at radius 3 is 2.75 bits per heavy atom. The number of hydrogen-bond donors (Lipinski definition) is 1. The van der Waals surface area contributed by atoms with Crippen molar-refractivity contribution in [3.63, 3.8) is 0 Å². The number of rotatable bonds is 2. The van der Waals surface area contributed by atoms with Gasteiger partial charge in [-0.15, -0.1) is 12.4 Å². The number of halogens is 2.